The topological polar surface area (TPSA) is 98.3 Å². The fourth-order valence-electron chi connectivity index (χ4n) is 3.25. The highest BCUT2D eigenvalue weighted by Crippen LogP contribution is 2.25. The van der Waals surface area contributed by atoms with Crippen molar-refractivity contribution in [1.82, 2.24) is 14.7 Å². The number of hydrogen-bond donors (Lipinski definition) is 1. The molecule has 7 nitrogen and oxygen atoms in total. The molecule has 1 fully saturated rings. The summed E-state index contributed by atoms with van der Waals surface area (Å²) in [5, 5.41) is 9.61. The Morgan fingerprint density at radius 3 is 2.43 bits per heavy atom. The summed E-state index contributed by atoms with van der Waals surface area (Å²) in [6.07, 6.45) is 0.660. The van der Waals surface area contributed by atoms with Crippen LogP contribution in [0, 0.1) is 19.8 Å². The Hall–Kier alpha value is -1.41. The van der Waals surface area contributed by atoms with E-state index in [4.69, 9.17) is 5.14 Å². The largest absolute Gasteiger partial charge is 0.338 e. The monoisotopic (exact) mass is 342 g/mol. The standard InChI is InChI=1S/C15H26N4O3S/c1-10-13(11(2)19(17-10)15(3,4)5)14(20)18-7-6-12(8-18)9-23(16,21)22/h12H,6-9H2,1-5H3,(H2,16,21,22). The third-order valence-corrected chi connectivity index (χ3v) is 5.12. The van der Waals surface area contributed by atoms with E-state index in [2.05, 4.69) is 5.10 Å². The number of carbonyl (C=O) groups excluding carboxylic acids is 1. The van der Waals surface area contributed by atoms with Crippen molar-refractivity contribution in [2.45, 2.75) is 46.6 Å². The quantitative estimate of drug-likeness (QED) is 0.886. The van der Waals surface area contributed by atoms with Crippen molar-refractivity contribution in [1.29, 1.82) is 0 Å². The van der Waals surface area contributed by atoms with Crippen LogP contribution in [0.3, 0.4) is 0 Å². The van der Waals surface area contributed by atoms with Crippen molar-refractivity contribution in [2.75, 3.05) is 18.8 Å². The molecule has 1 amide bonds. The van der Waals surface area contributed by atoms with E-state index in [-0.39, 0.29) is 23.1 Å². The zero-order valence-electron chi connectivity index (χ0n) is 14.5. The highest BCUT2D eigenvalue weighted by Gasteiger charge is 2.32. The Kier molecular flexibility index (Phi) is 4.60. The van der Waals surface area contributed by atoms with E-state index in [1.807, 2.05) is 39.3 Å². The third kappa shape index (κ3) is 3.92. The molecular weight excluding hydrogens is 316 g/mol. The van der Waals surface area contributed by atoms with Crippen LogP contribution in [0.25, 0.3) is 0 Å². The van der Waals surface area contributed by atoms with Gasteiger partial charge in [0.1, 0.15) is 0 Å². The molecule has 0 aliphatic carbocycles. The predicted molar refractivity (Wildman–Crippen MR) is 88.7 cm³/mol. The molecule has 1 aromatic rings. The molecule has 1 aliphatic heterocycles. The van der Waals surface area contributed by atoms with E-state index in [1.54, 1.807) is 4.90 Å². The maximum Gasteiger partial charge on any atom is 0.257 e. The summed E-state index contributed by atoms with van der Waals surface area (Å²) in [5.41, 5.74) is 1.97. The molecule has 130 valence electrons. The van der Waals surface area contributed by atoms with Gasteiger partial charge in [-0.15, -0.1) is 0 Å². The van der Waals surface area contributed by atoms with Gasteiger partial charge in [-0.1, -0.05) is 0 Å². The fourth-order valence-corrected chi connectivity index (χ4v) is 4.17. The van der Waals surface area contributed by atoms with Gasteiger partial charge in [-0.3, -0.25) is 9.48 Å². The molecule has 0 spiro atoms. The minimum absolute atomic E-state index is 0.0734. The summed E-state index contributed by atoms with van der Waals surface area (Å²) in [4.78, 5) is 14.5. The van der Waals surface area contributed by atoms with Gasteiger partial charge in [0.05, 0.1) is 22.5 Å². The summed E-state index contributed by atoms with van der Waals surface area (Å²) in [7, 11) is -3.51. The summed E-state index contributed by atoms with van der Waals surface area (Å²) >= 11 is 0. The number of rotatable bonds is 3. The molecule has 23 heavy (non-hydrogen) atoms. The lowest BCUT2D eigenvalue weighted by Gasteiger charge is -2.22. The number of aromatic nitrogens is 2. The van der Waals surface area contributed by atoms with Gasteiger partial charge in [-0.05, 0) is 47.0 Å². The van der Waals surface area contributed by atoms with E-state index < -0.39 is 10.0 Å². The van der Waals surface area contributed by atoms with Crippen molar-refractivity contribution in [3.63, 3.8) is 0 Å². The van der Waals surface area contributed by atoms with Crippen LogP contribution in [0.15, 0.2) is 0 Å². The molecule has 0 aromatic carbocycles. The molecule has 2 rings (SSSR count). The SMILES string of the molecule is Cc1nn(C(C)(C)C)c(C)c1C(=O)N1CCC(CS(N)(=O)=O)C1. The molecule has 2 N–H and O–H groups in total. The van der Waals surface area contributed by atoms with Gasteiger partial charge in [0, 0.05) is 18.8 Å². The first-order chi connectivity index (χ1) is 10.4. The van der Waals surface area contributed by atoms with Gasteiger partial charge < -0.3 is 4.90 Å². The van der Waals surface area contributed by atoms with Crippen molar-refractivity contribution < 1.29 is 13.2 Å². The van der Waals surface area contributed by atoms with Gasteiger partial charge in [0.15, 0.2) is 0 Å². The van der Waals surface area contributed by atoms with Crippen molar-refractivity contribution in [3.05, 3.63) is 17.0 Å². The molecule has 0 radical (unpaired) electrons. The van der Waals surface area contributed by atoms with Gasteiger partial charge in [0.2, 0.25) is 10.0 Å². The molecule has 8 heteroatoms. The summed E-state index contributed by atoms with van der Waals surface area (Å²) in [6.45, 7) is 10.8. The van der Waals surface area contributed by atoms with Crippen molar-refractivity contribution in [2.24, 2.45) is 11.1 Å². The van der Waals surface area contributed by atoms with E-state index >= 15 is 0 Å². The Morgan fingerprint density at radius 1 is 1.35 bits per heavy atom. The smallest absolute Gasteiger partial charge is 0.257 e. The lowest BCUT2D eigenvalue weighted by molar-refractivity contribution is 0.0786. The van der Waals surface area contributed by atoms with E-state index in [9.17, 15) is 13.2 Å². The summed E-state index contributed by atoms with van der Waals surface area (Å²) in [5.74, 6) is -0.240. The number of sulfonamides is 1. The molecule has 1 saturated heterocycles. The Bertz CT molecular complexity index is 716. The maximum atomic E-state index is 12.8. The van der Waals surface area contributed by atoms with E-state index in [1.165, 1.54) is 0 Å². The summed E-state index contributed by atoms with van der Waals surface area (Å²) < 4.78 is 24.3. The summed E-state index contributed by atoms with van der Waals surface area (Å²) in [6, 6.07) is 0. The maximum absolute atomic E-state index is 12.8. The van der Waals surface area contributed by atoms with Crippen LogP contribution in [0.5, 0.6) is 0 Å². The average Bonchev–Trinajstić information content (AvgIpc) is 2.91. The van der Waals surface area contributed by atoms with Crippen LogP contribution in [-0.2, 0) is 15.6 Å². The van der Waals surface area contributed by atoms with Crippen LogP contribution in [0.2, 0.25) is 0 Å². The van der Waals surface area contributed by atoms with Crippen LogP contribution in [-0.4, -0.2) is 47.8 Å². The molecule has 0 bridgehead atoms. The lowest BCUT2D eigenvalue weighted by Crippen LogP contribution is -2.32. The Labute approximate surface area is 137 Å². The van der Waals surface area contributed by atoms with Gasteiger partial charge >= 0.3 is 0 Å². The first-order valence-electron chi connectivity index (χ1n) is 7.76. The highest BCUT2D eigenvalue weighted by molar-refractivity contribution is 7.89. The number of aryl methyl sites for hydroxylation is 1. The highest BCUT2D eigenvalue weighted by atomic mass is 32.2. The minimum atomic E-state index is -3.51. The van der Waals surface area contributed by atoms with Crippen molar-refractivity contribution in [3.8, 4) is 0 Å². The van der Waals surface area contributed by atoms with E-state index in [0.29, 0.717) is 30.8 Å². The second kappa shape index (κ2) is 5.90. The zero-order chi connectivity index (χ0) is 17.6. The average molecular weight is 342 g/mol. The second-order valence-electron chi connectivity index (χ2n) is 7.36. The number of nitrogens with zero attached hydrogens (tertiary/aromatic N) is 3. The molecule has 0 saturated carbocycles. The number of likely N-dealkylation sites (tertiary alicyclic amines) is 1. The molecular formula is C15H26N4O3S. The molecule has 1 atom stereocenters. The van der Waals surface area contributed by atoms with Crippen LogP contribution in [0.4, 0.5) is 0 Å². The normalized spacial score (nSPS) is 19.4. The third-order valence-electron chi connectivity index (χ3n) is 4.18. The lowest BCUT2D eigenvalue weighted by atomic mass is 10.1. The molecule has 1 aromatic heterocycles. The molecule has 1 aliphatic rings. The van der Waals surface area contributed by atoms with Crippen molar-refractivity contribution >= 4 is 15.9 Å². The molecule has 2 heterocycles. The first kappa shape index (κ1) is 17.9. The van der Waals surface area contributed by atoms with Gasteiger partial charge in [0.25, 0.3) is 5.91 Å². The number of primary sulfonamides is 1. The predicted octanol–water partition coefficient (Wildman–Crippen LogP) is 1.01. The fraction of sp³-hybridized carbons (Fsp3) is 0.733. The number of nitrogens with two attached hydrogens (primary N) is 1. The molecule has 1 unspecified atom stereocenters. The van der Waals surface area contributed by atoms with Crippen LogP contribution < -0.4 is 5.14 Å². The number of carbonyl (C=O) groups is 1. The minimum Gasteiger partial charge on any atom is -0.338 e. The second-order valence-corrected chi connectivity index (χ2v) is 9.02. The first-order valence-corrected chi connectivity index (χ1v) is 9.48. The van der Waals surface area contributed by atoms with Gasteiger partial charge in [-0.25, -0.2) is 13.6 Å². The Morgan fingerprint density at radius 2 is 1.96 bits per heavy atom. The van der Waals surface area contributed by atoms with Crippen LogP contribution >= 0.6 is 0 Å². The van der Waals surface area contributed by atoms with Crippen LogP contribution in [0.1, 0.15) is 48.9 Å². The number of hydrogen-bond acceptors (Lipinski definition) is 4. The zero-order valence-corrected chi connectivity index (χ0v) is 15.3. The Balaban J connectivity index is 2.21. The number of amides is 1. The van der Waals surface area contributed by atoms with E-state index in [0.717, 1.165) is 5.69 Å². The van der Waals surface area contributed by atoms with Gasteiger partial charge in [-0.2, -0.15) is 5.10 Å².